The van der Waals surface area contributed by atoms with Crippen molar-refractivity contribution < 1.29 is 23.9 Å². The highest BCUT2D eigenvalue weighted by Crippen LogP contribution is 2.12. The second-order valence-corrected chi connectivity index (χ2v) is 3.94. The number of nitrogens with one attached hydrogen (secondary N) is 1. The van der Waals surface area contributed by atoms with Gasteiger partial charge in [0.05, 0.1) is 13.2 Å². The van der Waals surface area contributed by atoms with Crippen molar-refractivity contribution in [1.82, 2.24) is 5.32 Å². The van der Waals surface area contributed by atoms with Crippen LogP contribution in [0.4, 0.5) is 0 Å². The van der Waals surface area contributed by atoms with E-state index in [-0.39, 0.29) is 13.2 Å². The van der Waals surface area contributed by atoms with E-state index in [0.717, 1.165) is 0 Å². The largest absolute Gasteiger partial charge is 0.466 e. The first-order chi connectivity index (χ1) is 8.39. The van der Waals surface area contributed by atoms with E-state index in [1.807, 2.05) is 0 Å². The summed E-state index contributed by atoms with van der Waals surface area (Å²) < 4.78 is 9.53. The lowest BCUT2D eigenvalue weighted by molar-refractivity contribution is -0.154. The van der Waals surface area contributed by atoms with Gasteiger partial charge in [-0.25, -0.2) is 4.79 Å². The molecule has 1 N–H and O–H groups in total. The van der Waals surface area contributed by atoms with Gasteiger partial charge in [-0.2, -0.15) is 0 Å². The molecule has 0 saturated carbocycles. The van der Waals surface area contributed by atoms with Gasteiger partial charge in [0.1, 0.15) is 12.0 Å². The summed E-state index contributed by atoms with van der Waals surface area (Å²) in [4.78, 5) is 34.4. The van der Waals surface area contributed by atoms with Gasteiger partial charge < -0.3 is 14.8 Å². The van der Waals surface area contributed by atoms with E-state index in [2.05, 4.69) is 10.1 Å². The van der Waals surface area contributed by atoms with Crippen molar-refractivity contribution in [1.29, 1.82) is 0 Å². The molecule has 0 aromatic heterocycles. The molecule has 1 atom stereocenters. The molecule has 0 aliphatic carbocycles. The lowest BCUT2D eigenvalue weighted by atomic mass is 9.99. The Morgan fingerprint density at radius 1 is 1.06 bits per heavy atom. The number of amides is 1. The second kappa shape index (κ2) is 7.68. The minimum absolute atomic E-state index is 0.217. The zero-order valence-electron chi connectivity index (χ0n) is 11.4. The Labute approximate surface area is 107 Å². The van der Waals surface area contributed by atoms with Gasteiger partial charge in [0.25, 0.3) is 0 Å². The molecule has 0 aromatic rings. The fourth-order valence-corrected chi connectivity index (χ4v) is 1.27. The number of hydrogen-bond acceptors (Lipinski definition) is 5. The van der Waals surface area contributed by atoms with Gasteiger partial charge >= 0.3 is 11.9 Å². The number of hydrogen-bond donors (Lipinski definition) is 1. The first kappa shape index (κ1) is 16.4. The summed E-state index contributed by atoms with van der Waals surface area (Å²) >= 11 is 0. The number of esters is 2. The molecule has 18 heavy (non-hydrogen) atoms. The van der Waals surface area contributed by atoms with Gasteiger partial charge in [0.15, 0.2) is 0 Å². The summed E-state index contributed by atoms with van der Waals surface area (Å²) in [5, 5.41) is 2.50. The monoisotopic (exact) mass is 259 g/mol. The SMILES string of the molecule is CCOC(=O)CC(=O)N[C@@](C)(CC)C(=O)OCC. The Balaban J connectivity index is 4.48. The van der Waals surface area contributed by atoms with Crippen LogP contribution >= 0.6 is 0 Å². The van der Waals surface area contributed by atoms with E-state index in [9.17, 15) is 14.4 Å². The molecule has 0 saturated heterocycles. The third kappa shape index (κ3) is 5.16. The Morgan fingerprint density at radius 3 is 2.06 bits per heavy atom. The van der Waals surface area contributed by atoms with Crippen LogP contribution in [0.2, 0.25) is 0 Å². The second-order valence-electron chi connectivity index (χ2n) is 3.94. The number of ether oxygens (including phenoxy) is 2. The average Bonchev–Trinajstić information content (AvgIpc) is 2.29. The predicted molar refractivity (Wildman–Crippen MR) is 64.7 cm³/mol. The van der Waals surface area contributed by atoms with E-state index >= 15 is 0 Å². The molecule has 0 bridgehead atoms. The van der Waals surface area contributed by atoms with E-state index in [0.29, 0.717) is 6.42 Å². The van der Waals surface area contributed by atoms with Crippen LogP contribution in [0.5, 0.6) is 0 Å². The lowest BCUT2D eigenvalue weighted by Gasteiger charge is -2.26. The van der Waals surface area contributed by atoms with E-state index in [4.69, 9.17) is 4.74 Å². The first-order valence-corrected chi connectivity index (χ1v) is 6.03. The summed E-state index contributed by atoms with van der Waals surface area (Å²) in [7, 11) is 0. The Kier molecular flexibility index (Phi) is 7.00. The number of carbonyl (C=O) groups is 3. The Bertz CT molecular complexity index is 316. The molecule has 104 valence electrons. The van der Waals surface area contributed by atoms with Crippen LogP contribution in [0.25, 0.3) is 0 Å². The minimum atomic E-state index is -1.11. The van der Waals surface area contributed by atoms with E-state index in [1.54, 1.807) is 27.7 Å². The van der Waals surface area contributed by atoms with Crippen LogP contribution in [0, 0.1) is 0 Å². The van der Waals surface area contributed by atoms with Gasteiger partial charge in [-0.05, 0) is 27.2 Å². The number of rotatable bonds is 7. The van der Waals surface area contributed by atoms with Gasteiger partial charge in [-0.3, -0.25) is 9.59 Å². The van der Waals surface area contributed by atoms with E-state index < -0.39 is 29.8 Å². The minimum Gasteiger partial charge on any atom is -0.466 e. The molecule has 0 fully saturated rings. The van der Waals surface area contributed by atoms with Crippen molar-refractivity contribution in [3.63, 3.8) is 0 Å². The van der Waals surface area contributed by atoms with Crippen molar-refractivity contribution in [2.24, 2.45) is 0 Å². The quantitative estimate of drug-likeness (QED) is 0.540. The van der Waals surface area contributed by atoms with Gasteiger partial charge in [0.2, 0.25) is 5.91 Å². The van der Waals surface area contributed by atoms with Gasteiger partial charge in [-0.15, -0.1) is 0 Å². The number of carbonyl (C=O) groups excluding carboxylic acids is 3. The molecule has 0 rings (SSSR count). The van der Waals surface area contributed by atoms with Crippen LogP contribution in [0.3, 0.4) is 0 Å². The first-order valence-electron chi connectivity index (χ1n) is 6.03. The maximum Gasteiger partial charge on any atom is 0.331 e. The highest BCUT2D eigenvalue weighted by Gasteiger charge is 2.34. The zero-order valence-corrected chi connectivity index (χ0v) is 11.4. The molecule has 0 aliphatic heterocycles. The molecular weight excluding hydrogens is 238 g/mol. The molecule has 0 aromatic carbocycles. The molecule has 0 radical (unpaired) electrons. The van der Waals surface area contributed by atoms with E-state index in [1.165, 1.54) is 0 Å². The maximum absolute atomic E-state index is 11.7. The van der Waals surface area contributed by atoms with Crippen molar-refractivity contribution >= 4 is 17.8 Å². The smallest absolute Gasteiger partial charge is 0.331 e. The fourth-order valence-electron chi connectivity index (χ4n) is 1.27. The lowest BCUT2D eigenvalue weighted by Crippen LogP contribution is -2.53. The standard InChI is InChI=1S/C12H21NO5/c1-5-12(4,11(16)18-7-3)13-9(14)8-10(15)17-6-2/h5-8H2,1-4H3,(H,13,14)/t12-/m0/s1. The van der Waals surface area contributed by atoms with Crippen LogP contribution < -0.4 is 5.32 Å². The zero-order chi connectivity index (χ0) is 14.2. The van der Waals surface area contributed by atoms with Crippen LogP contribution in [-0.2, 0) is 23.9 Å². The molecule has 1 amide bonds. The summed E-state index contributed by atoms with van der Waals surface area (Å²) in [6.07, 6.45) is -0.0246. The van der Waals surface area contributed by atoms with Crippen molar-refractivity contribution in [3.05, 3.63) is 0 Å². The van der Waals surface area contributed by atoms with Crippen LogP contribution in [0.15, 0.2) is 0 Å². The fraction of sp³-hybridized carbons (Fsp3) is 0.750. The Hall–Kier alpha value is -1.59. The third-order valence-corrected chi connectivity index (χ3v) is 2.46. The summed E-state index contributed by atoms with van der Waals surface area (Å²) in [6.45, 7) is 7.12. The maximum atomic E-state index is 11.7. The molecule has 6 heteroatoms. The van der Waals surface area contributed by atoms with Crippen molar-refractivity contribution in [2.75, 3.05) is 13.2 Å². The highest BCUT2D eigenvalue weighted by atomic mass is 16.5. The summed E-state index contributed by atoms with van der Waals surface area (Å²) in [6, 6.07) is 0. The van der Waals surface area contributed by atoms with Crippen molar-refractivity contribution in [3.8, 4) is 0 Å². The predicted octanol–water partition coefficient (Wildman–Crippen LogP) is 0.788. The van der Waals surface area contributed by atoms with Gasteiger partial charge in [0, 0.05) is 0 Å². The normalized spacial score (nSPS) is 13.3. The van der Waals surface area contributed by atoms with Crippen molar-refractivity contribution in [2.45, 2.75) is 46.1 Å². The molecule has 0 heterocycles. The van der Waals surface area contributed by atoms with Crippen LogP contribution in [-0.4, -0.2) is 36.6 Å². The van der Waals surface area contributed by atoms with Gasteiger partial charge in [-0.1, -0.05) is 6.92 Å². The topological polar surface area (TPSA) is 81.7 Å². The summed E-state index contributed by atoms with van der Waals surface area (Å²) in [5.74, 6) is -1.67. The molecule has 6 nitrogen and oxygen atoms in total. The third-order valence-electron chi connectivity index (χ3n) is 2.46. The van der Waals surface area contributed by atoms with Crippen LogP contribution in [0.1, 0.15) is 40.5 Å². The molecular formula is C12H21NO5. The molecule has 0 aliphatic rings. The molecule has 0 spiro atoms. The molecule has 0 unspecified atom stereocenters. The average molecular weight is 259 g/mol. The Morgan fingerprint density at radius 2 is 1.61 bits per heavy atom. The highest BCUT2D eigenvalue weighted by molar-refractivity contribution is 5.97. The summed E-state index contributed by atoms with van der Waals surface area (Å²) in [5.41, 5.74) is -1.11.